The fourth-order valence-electron chi connectivity index (χ4n) is 3.12. The number of anilines is 1. The van der Waals surface area contributed by atoms with E-state index in [4.69, 9.17) is 23.2 Å². The van der Waals surface area contributed by atoms with Crippen molar-refractivity contribution >= 4 is 60.5 Å². The molecule has 0 fully saturated rings. The first-order valence-corrected chi connectivity index (χ1v) is 12.3. The molecule has 12 heteroatoms. The molecule has 0 unspecified atom stereocenters. The lowest BCUT2D eigenvalue weighted by molar-refractivity contribution is -0.137. The minimum atomic E-state index is -4.66. The molecule has 0 saturated heterocycles. The Kier molecular flexibility index (Phi) is 6.21. The van der Waals surface area contributed by atoms with Gasteiger partial charge in [0.05, 0.1) is 37.9 Å². The second-order valence-corrected chi connectivity index (χ2v) is 10.5. The predicted octanol–water partition coefficient (Wildman–Crippen LogP) is 6.24. The molecular formula is C21H13Cl2F3N2O3S2. The van der Waals surface area contributed by atoms with E-state index in [1.165, 1.54) is 22.8 Å². The Labute approximate surface area is 200 Å². The largest absolute Gasteiger partial charge is 0.416 e. The molecule has 0 atom stereocenters. The van der Waals surface area contributed by atoms with E-state index in [-0.39, 0.29) is 21.3 Å². The highest BCUT2D eigenvalue weighted by Crippen LogP contribution is 2.35. The smallest absolute Gasteiger partial charge is 0.294 e. The molecule has 3 aromatic carbocycles. The van der Waals surface area contributed by atoms with Crippen molar-refractivity contribution in [1.82, 2.24) is 4.57 Å². The number of fused-ring (bicyclic) bond motifs is 1. The SMILES string of the molecule is O=c1sc2cc(S(=O)(=O)Nc3cc(C(F)(F)F)ccc3Cl)ccc2n1Cc1ccc(Cl)cc1. The van der Waals surface area contributed by atoms with Crippen LogP contribution in [0.4, 0.5) is 18.9 Å². The number of thiazole rings is 1. The summed E-state index contributed by atoms with van der Waals surface area (Å²) in [6.45, 7) is 0.264. The van der Waals surface area contributed by atoms with Gasteiger partial charge in [-0.15, -0.1) is 0 Å². The lowest BCUT2D eigenvalue weighted by Gasteiger charge is -2.13. The normalized spacial score (nSPS) is 12.3. The van der Waals surface area contributed by atoms with Crippen molar-refractivity contribution in [3.05, 3.63) is 91.5 Å². The highest BCUT2D eigenvalue weighted by molar-refractivity contribution is 7.92. The minimum absolute atomic E-state index is 0.188. The van der Waals surface area contributed by atoms with Gasteiger partial charge in [0.1, 0.15) is 0 Å². The quantitative estimate of drug-likeness (QED) is 0.331. The van der Waals surface area contributed by atoms with Gasteiger partial charge in [-0.1, -0.05) is 46.7 Å². The zero-order valence-electron chi connectivity index (χ0n) is 16.4. The summed E-state index contributed by atoms with van der Waals surface area (Å²) < 4.78 is 68.6. The van der Waals surface area contributed by atoms with Crippen LogP contribution in [0.25, 0.3) is 10.2 Å². The fourth-order valence-corrected chi connectivity index (χ4v) is 5.57. The lowest BCUT2D eigenvalue weighted by atomic mass is 10.2. The van der Waals surface area contributed by atoms with Crippen LogP contribution in [0.3, 0.4) is 0 Å². The Morgan fingerprint density at radius 2 is 1.67 bits per heavy atom. The average Bonchev–Trinajstić information content (AvgIpc) is 3.04. The molecule has 0 bridgehead atoms. The molecule has 0 saturated carbocycles. The van der Waals surface area contributed by atoms with Crippen LogP contribution >= 0.6 is 34.5 Å². The number of sulfonamides is 1. The summed E-state index contributed by atoms with van der Waals surface area (Å²) >= 11 is 12.6. The van der Waals surface area contributed by atoms with Gasteiger partial charge >= 0.3 is 11.0 Å². The van der Waals surface area contributed by atoms with Crippen molar-refractivity contribution in [2.45, 2.75) is 17.6 Å². The van der Waals surface area contributed by atoms with Crippen molar-refractivity contribution in [3.8, 4) is 0 Å². The van der Waals surface area contributed by atoms with E-state index in [2.05, 4.69) is 4.72 Å². The molecule has 4 aromatic rings. The van der Waals surface area contributed by atoms with Gasteiger partial charge in [-0.2, -0.15) is 13.2 Å². The van der Waals surface area contributed by atoms with Gasteiger partial charge in [-0.05, 0) is 54.1 Å². The van der Waals surface area contributed by atoms with E-state index in [0.717, 1.165) is 29.0 Å². The topological polar surface area (TPSA) is 68.2 Å². The molecule has 0 aliphatic carbocycles. The van der Waals surface area contributed by atoms with E-state index in [0.29, 0.717) is 21.3 Å². The maximum Gasteiger partial charge on any atom is 0.416 e. The molecule has 33 heavy (non-hydrogen) atoms. The molecule has 1 heterocycles. The third-order valence-corrected chi connectivity index (χ3v) is 7.63. The number of alkyl halides is 3. The maximum atomic E-state index is 13.0. The second-order valence-electron chi connectivity index (χ2n) is 7.01. The van der Waals surface area contributed by atoms with Crippen LogP contribution in [0.15, 0.2) is 70.4 Å². The standard InChI is InChI=1S/C21H13Cl2F3N2O3S2/c22-14-4-1-12(2-5-14)11-28-18-8-6-15(10-19(18)32-20(28)29)33(30,31)27-17-9-13(21(24,25)26)3-7-16(17)23/h1-10,27H,11H2. The average molecular weight is 533 g/mol. The Balaban J connectivity index is 1.68. The van der Waals surface area contributed by atoms with Crippen molar-refractivity contribution in [1.29, 1.82) is 0 Å². The van der Waals surface area contributed by atoms with Crippen molar-refractivity contribution in [3.63, 3.8) is 0 Å². The fraction of sp³-hybridized carbons (Fsp3) is 0.0952. The van der Waals surface area contributed by atoms with Crippen LogP contribution in [-0.2, 0) is 22.7 Å². The van der Waals surface area contributed by atoms with Gasteiger partial charge in [0.25, 0.3) is 10.0 Å². The summed E-state index contributed by atoms with van der Waals surface area (Å²) in [4.78, 5) is 12.0. The molecule has 4 rings (SSSR count). The van der Waals surface area contributed by atoms with E-state index in [9.17, 15) is 26.4 Å². The van der Waals surface area contributed by atoms with Crippen LogP contribution in [-0.4, -0.2) is 13.0 Å². The molecule has 1 N–H and O–H groups in total. The molecule has 0 spiro atoms. The number of rotatable bonds is 5. The van der Waals surface area contributed by atoms with Gasteiger partial charge in [0, 0.05) is 5.02 Å². The summed E-state index contributed by atoms with van der Waals surface area (Å²) in [5, 5.41) is 0.371. The number of nitrogens with one attached hydrogen (secondary N) is 1. The van der Waals surface area contributed by atoms with Crippen molar-refractivity contribution in [2.75, 3.05) is 4.72 Å². The first kappa shape index (κ1) is 23.6. The highest BCUT2D eigenvalue weighted by atomic mass is 35.5. The van der Waals surface area contributed by atoms with Crippen molar-refractivity contribution < 1.29 is 21.6 Å². The number of hydrogen-bond donors (Lipinski definition) is 1. The van der Waals surface area contributed by atoms with Crippen LogP contribution in [0.5, 0.6) is 0 Å². The number of benzene rings is 3. The van der Waals surface area contributed by atoms with Gasteiger partial charge in [0.15, 0.2) is 0 Å². The number of aromatic nitrogens is 1. The van der Waals surface area contributed by atoms with E-state index in [1.54, 1.807) is 24.3 Å². The molecular weight excluding hydrogens is 520 g/mol. The summed E-state index contributed by atoms with van der Waals surface area (Å²) in [6.07, 6.45) is -4.66. The third-order valence-electron chi connectivity index (χ3n) is 4.74. The zero-order valence-corrected chi connectivity index (χ0v) is 19.5. The Bertz CT molecular complexity index is 1510. The summed E-state index contributed by atoms with van der Waals surface area (Å²) in [6, 6.07) is 13.4. The third kappa shape index (κ3) is 5.03. The summed E-state index contributed by atoms with van der Waals surface area (Å²) in [7, 11) is -4.28. The van der Waals surface area contributed by atoms with Gasteiger partial charge < -0.3 is 0 Å². The number of hydrogen-bond acceptors (Lipinski definition) is 4. The molecule has 172 valence electrons. The molecule has 0 amide bonds. The van der Waals surface area contributed by atoms with E-state index < -0.39 is 27.5 Å². The highest BCUT2D eigenvalue weighted by Gasteiger charge is 2.31. The first-order valence-electron chi connectivity index (χ1n) is 9.21. The van der Waals surface area contributed by atoms with Crippen LogP contribution in [0.2, 0.25) is 10.0 Å². The Morgan fingerprint density at radius 1 is 0.970 bits per heavy atom. The molecule has 0 aliphatic rings. The van der Waals surface area contributed by atoms with Gasteiger partial charge in [-0.3, -0.25) is 14.1 Å². The van der Waals surface area contributed by atoms with Crippen molar-refractivity contribution in [2.24, 2.45) is 0 Å². The maximum absolute atomic E-state index is 13.0. The van der Waals surface area contributed by atoms with E-state index >= 15 is 0 Å². The van der Waals surface area contributed by atoms with Crippen LogP contribution < -0.4 is 9.60 Å². The zero-order chi connectivity index (χ0) is 24.0. The first-order chi connectivity index (χ1) is 15.4. The number of nitrogens with zero attached hydrogens (tertiary/aromatic N) is 1. The minimum Gasteiger partial charge on any atom is -0.294 e. The van der Waals surface area contributed by atoms with Gasteiger partial charge in [0.2, 0.25) is 0 Å². The molecule has 0 aliphatic heterocycles. The van der Waals surface area contributed by atoms with Gasteiger partial charge in [-0.25, -0.2) is 8.42 Å². The summed E-state index contributed by atoms with van der Waals surface area (Å²) in [5.74, 6) is 0. The van der Waals surface area contributed by atoms with E-state index in [1.807, 2.05) is 0 Å². The predicted molar refractivity (Wildman–Crippen MR) is 124 cm³/mol. The lowest BCUT2D eigenvalue weighted by Crippen LogP contribution is -2.15. The molecule has 5 nitrogen and oxygen atoms in total. The monoisotopic (exact) mass is 532 g/mol. The van der Waals surface area contributed by atoms with Crippen LogP contribution in [0.1, 0.15) is 11.1 Å². The van der Waals surface area contributed by atoms with Crippen LogP contribution in [0, 0.1) is 0 Å². The second kappa shape index (κ2) is 8.68. The Morgan fingerprint density at radius 3 is 2.33 bits per heavy atom. The Hall–Kier alpha value is -2.53. The summed E-state index contributed by atoms with van der Waals surface area (Å²) in [5.41, 5.74) is -0.0904. The molecule has 0 radical (unpaired) electrons. The number of halogens is 5. The molecule has 1 aromatic heterocycles.